The highest BCUT2D eigenvalue weighted by Gasteiger charge is 2.58. The largest absolute Gasteiger partial charge is 0.462 e. The second-order valence-electron chi connectivity index (χ2n) is 5.71. The summed E-state index contributed by atoms with van der Waals surface area (Å²) in [6.07, 6.45) is -1.47. The summed E-state index contributed by atoms with van der Waals surface area (Å²) in [5, 5.41) is 0. The molecule has 1 aliphatic rings. The summed E-state index contributed by atoms with van der Waals surface area (Å²) in [5.74, 6) is -7.67. The van der Waals surface area contributed by atoms with Gasteiger partial charge in [-0.1, -0.05) is 0 Å². The number of pyridine rings is 1. The molecule has 1 aliphatic carbocycles. The molecule has 1 aromatic heterocycles. The van der Waals surface area contributed by atoms with Crippen LogP contribution in [0.1, 0.15) is 48.7 Å². The molecule has 8 heteroatoms. The molecule has 0 bridgehead atoms. The molecule has 23 heavy (non-hydrogen) atoms. The van der Waals surface area contributed by atoms with Crippen LogP contribution in [-0.4, -0.2) is 29.0 Å². The van der Waals surface area contributed by atoms with Crippen molar-refractivity contribution >= 4 is 5.97 Å². The summed E-state index contributed by atoms with van der Waals surface area (Å²) in [6, 6.07) is 2.49. The lowest BCUT2D eigenvalue weighted by atomic mass is 9.74. The number of aromatic nitrogens is 1. The van der Waals surface area contributed by atoms with Crippen molar-refractivity contribution in [2.24, 2.45) is 5.73 Å². The van der Waals surface area contributed by atoms with Crippen molar-refractivity contribution in [3.05, 3.63) is 29.6 Å². The van der Waals surface area contributed by atoms with E-state index < -0.39 is 60.3 Å². The molecule has 0 spiro atoms. The van der Waals surface area contributed by atoms with Gasteiger partial charge < -0.3 is 10.5 Å². The fourth-order valence-electron chi connectivity index (χ4n) is 2.64. The van der Waals surface area contributed by atoms with E-state index >= 15 is 0 Å². The van der Waals surface area contributed by atoms with Crippen molar-refractivity contribution in [1.82, 2.24) is 4.98 Å². The summed E-state index contributed by atoms with van der Waals surface area (Å²) in [5.41, 5.74) is 2.35. The van der Waals surface area contributed by atoms with Crippen LogP contribution in [0, 0.1) is 0 Å². The number of nitrogens with two attached hydrogens (primary N) is 1. The zero-order valence-corrected chi connectivity index (χ0v) is 12.6. The van der Waals surface area contributed by atoms with Gasteiger partial charge in [0.15, 0.2) is 0 Å². The molecule has 0 radical (unpaired) electrons. The van der Waals surface area contributed by atoms with Crippen LogP contribution in [0.25, 0.3) is 0 Å². The van der Waals surface area contributed by atoms with E-state index in [2.05, 4.69) is 4.98 Å². The Morgan fingerprint density at radius 3 is 2.52 bits per heavy atom. The normalized spacial score (nSPS) is 20.1. The predicted molar refractivity (Wildman–Crippen MR) is 74.4 cm³/mol. The van der Waals surface area contributed by atoms with Gasteiger partial charge in [-0.2, -0.15) is 8.78 Å². The van der Waals surface area contributed by atoms with Crippen molar-refractivity contribution in [2.75, 3.05) is 6.61 Å². The topological polar surface area (TPSA) is 65.2 Å². The molecular weight excluding hydrogens is 316 g/mol. The number of carbonyl (C=O) groups is 1. The van der Waals surface area contributed by atoms with E-state index in [0.717, 1.165) is 12.3 Å². The minimum atomic E-state index is -3.73. The van der Waals surface area contributed by atoms with Crippen molar-refractivity contribution in [2.45, 2.75) is 50.0 Å². The molecule has 0 aromatic carbocycles. The van der Waals surface area contributed by atoms with Gasteiger partial charge in [-0.3, -0.25) is 4.98 Å². The molecule has 1 fully saturated rings. The Labute approximate surface area is 131 Å². The Kier molecular flexibility index (Phi) is 4.66. The first-order chi connectivity index (χ1) is 10.6. The van der Waals surface area contributed by atoms with E-state index in [1.165, 1.54) is 6.07 Å². The Morgan fingerprint density at radius 2 is 1.96 bits per heavy atom. The highest BCUT2D eigenvalue weighted by atomic mass is 19.3. The SMILES string of the molecule is CCOC(=O)c1cccnc1C(F)(F)C1(N)CCC(F)(F)CC1. The van der Waals surface area contributed by atoms with Gasteiger partial charge in [0.1, 0.15) is 5.69 Å². The summed E-state index contributed by atoms with van der Waals surface area (Å²) in [7, 11) is 0. The molecule has 128 valence electrons. The molecular formula is C15H18F4N2O2. The molecule has 2 rings (SSSR count). The Morgan fingerprint density at radius 1 is 1.35 bits per heavy atom. The lowest BCUT2D eigenvalue weighted by Gasteiger charge is -2.42. The molecule has 0 unspecified atom stereocenters. The van der Waals surface area contributed by atoms with Gasteiger partial charge in [-0.25, -0.2) is 13.6 Å². The van der Waals surface area contributed by atoms with Crippen LogP contribution in [0.2, 0.25) is 0 Å². The van der Waals surface area contributed by atoms with Crippen molar-refractivity contribution in [3.63, 3.8) is 0 Å². The maximum atomic E-state index is 14.9. The second kappa shape index (κ2) is 6.07. The highest BCUT2D eigenvalue weighted by molar-refractivity contribution is 5.90. The quantitative estimate of drug-likeness (QED) is 0.678. The van der Waals surface area contributed by atoms with E-state index in [9.17, 15) is 22.4 Å². The number of rotatable bonds is 4. The summed E-state index contributed by atoms with van der Waals surface area (Å²) >= 11 is 0. The average molecular weight is 334 g/mol. The third-order valence-electron chi connectivity index (χ3n) is 4.10. The van der Waals surface area contributed by atoms with Gasteiger partial charge in [-0.15, -0.1) is 0 Å². The number of nitrogens with zero attached hydrogens (tertiary/aromatic N) is 1. The number of alkyl halides is 4. The fourth-order valence-corrected chi connectivity index (χ4v) is 2.64. The Balaban J connectivity index is 2.38. The standard InChI is InChI=1S/C15H18F4N2O2/c1-2-23-12(22)10-4-3-9-21-11(10)15(18,19)13(20)5-7-14(16,17)8-6-13/h3-4,9H,2,5-8,20H2,1H3. The second-order valence-corrected chi connectivity index (χ2v) is 5.71. The van der Waals surface area contributed by atoms with E-state index in [1.807, 2.05) is 0 Å². The first kappa shape index (κ1) is 17.7. The maximum Gasteiger partial charge on any atom is 0.340 e. The van der Waals surface area contributed by atoms with Gasteiger partial charge >= 0.3 is 11.9 Å². The first-order valence-electron chi connectivity index (χ1n) is 7.30. The molecule has 1 saturated carbocycles. The molecule has 0 atom stereocenters. The third kappa shape index (κ3) is 3.31. The maximum absolute atomic E-state index is 14.9. The smallest absolute Gasteiger partial charge is 0.340 e. The van der Waals surface area contributed by atoms with Crippen molar-refractivity contribution < 1.29 is 27.1 Å². The molecule has 0 amide bonds. The molecule has 2 N–H and O–H groups in total. The Bertz CT molecular complexity index is 583. The minimum Gasteiger partial charge on any atom is -0.462 e. The van der Waals surface area contributed by atoms with Gasteiger partial charge in [0.25, 0.3) is 0 Å². The van der Waals surface area contributed by atoms with Crippen LogP contribution >= 0.6 is 0 Å². The van der Waals surface area contributed by atoms with Crippen LogP contribution in [-0.2, 0) is 10.7 Å². The molecule has 4 nitrogen and oxygen atoms in total. The van der Waals surface area contributed by atoms with Crippen molar-refractivity contribution in [1.29, 1.82) is 0 Å². The lowest BCUT2D eigenvalue weighted by Crippen LogP contribution is -2.57. The van der Waals surface area contributed by atoms with Crippen LogP contribution in [0.5, 0.6) is 0 Å². The van der Waals surface area contributed by atoms with Gasteiger partial charge in [-0.05, 0) is 31.9 Å². The summed E-state index contributed by atoms with van der Waals surface area (Å²) in [4.78, 5) is 15.4. The Hall–Kier alpha value is -1.70. The molecule has 0 aliphatic heterocycles. The number of halogens is 4. The lowest BCUT2D eigenvalue weighted by molar-refractivity contribution is -0.136. The predicted octanol–water partition coefficient (Wildman–Crippen LogP) is 3.26. The average Bonchev–Trinajstić information content (AvgIpc) is 2.50. The number of hydrogen-bond acceptors (Lipinski definition) is 4. The fraction of sp³-hybridized carbons (Fsp3) is 0.600. The number of esters is 1. The minimum absolute atomic E-state index is 0.0126. The zero-order valence-electron chi connectivity index (χ0n) is 12.6. The van der Waals surface area contributed by atoms with Crippen LogP contribution in [0.15, 0.2) is 18.3 Å². The molecule has 1 aromatic rings. The summed E-state index contributed by atoms with van der Waals surface area (Å²) < 4.78 is 61.1. The third-order valence-corrected chi connectivity index (χ3v) is 4.10. The van der Waals surface area contributed by atoms with E-state index in [0.29, 0.717) is 0 Å². The first-order valence-corrected chi connectivity index (χ1v) is 7.30. The highest BCUT2D eigenvalue weighted by Crippen LogP contribution is 2.48. The van der Waals surface area contributed by atoms with Gasteiger partial charge in [0.05, 0.1) is 17.7 Å². The van der Waals surface area contributed by atoms with E-state index in [1.54, 1.807) is 6.92 Å². The van der Waals surface area contributed by atoms with Gasteiger partial charge in [0.2, 0.25) is 5.92 Å². The zero-order chi connectivity index (χ0) is 17.3. The van der Waals surface area contributed by atoms with Gasteiger partial charge in [0, 0.05) is 19.0 Å². The number of carbonyl (C=O) groups excluding carboxylic acids is 1. The van der Waals surface area contributed by atoms with E-state index in [4.69, 9.17) is 10.5 Å². The van der Waals surface area contributed by atoms with Crippen molar-refractivity contribution in [3.8, 4) is 0 Å². The molecule has 0 saturated heterocycles. The number of ether oxygens (including phenoxy) is 1. The van der Waals surface area contributed by atoms with Crippen LogP contribution in [0.3, 0.4) is 0 Å². The molecule has 1 heterocycles. The van der Waals surface area contributed by atoms with Crippen LogP contribution < -0.4 is 5.73 Å². The van der Waals surface area contributed by atoms with Crippen LogP contribution in [0.4, 0.5) is 17.6 Å². The van der Waals surface area contributed by atoms with E-state index in [-0.39, 0.29) is 6.61 Å². The summed E-state index contributed by atoms with van der Waals surface area (Å²) in [6.45, 7) is 1.55. The number of hydrogen-bond donors (Lipinski definition) is 1. The monoisotopic (exact) mass is 334 g/mol.